The van der Waals surface area contributed by atoms with Crippen molar-refractivity contribution in [3.8, 4) is 17.9 Å². The van der Waals surface area contributed by atoms with E-state index >= 15 is 0 Å². The SMILES string of the molecule is COc1ccc(Cl)cc1NCCC(=O)N(CCC#N)CCC#N. The lowest BCUT2D eigenvalue weighted by Gasteiger charge is -2.20. The fourth-order valence-electron chi connectivity index (χ4n) is 2.01. The molecule has 1 N–H and O–H groups in total. The van der Waals surface area contributed by atoms with Gasteiger partial charge in [-0.1, -0.05) is 11.6 Å². The Labute approximate surface area is 141 Å². The highest BCUT2D eigenvalue weighted by atomic mass is 35.5. The number of carbonyl (C=O) groups is 1. The van der Waals surface area contributed by atoms with E-state index in [1.807, 2.05) is 12.1 Å². The molecular formula is C16H19ClN4O2. The van der Waals surface area contributed by atoms with Gasteiger partial charge >= 0.3 is 0 Å². The van der Waals surface area contributed by atoms with Gasteiger partial charge in [0.2, 0.25) is 5.91 Å². The second kappa shape index (κ2) is 10.3. The molecule has 0 aliphatic rings. The first-order valence-corrected chi connectivity index (χ1v) is 7.59. The summed E-state index contributed by atoms with van der Waals surface area (Å²) in [6.07, 6.45) is 0.770. The minimum atomic E-state index is -0.0935. The number of carbonyl (C=O) groups excluding carboxylic acids is 1. The van der Waals surface area contributed by atoms with Gasteiger partial charge in [-0.15, -0.1) is 0 Å². The molecule has 1 aromatic carbocycles. The van der Waals surface area contributed by atoms with Crippen LogP contribution in [0.1, 0.15) is 19.3 Å². The van der Waals surface area contributed by atoms with Crippen LogP contribution in [-0.2, 0) is 4.79 Å². The van der Waals surface area contributed by atoms with Gasteiger partial charge in [0.15, 0.2) is 0 Å². The predicted molar refractivity (Wildman–Crippen MR) is 88.2 cm³/mol. The number of nitriles is 2. The van der Waals surface area contributed by atoms with Gasteiger partial charge in [0.1, 0.15) is 5.75 Å². The van der Waals surface area contributed by atoms with E-state index in [1.165, 1.54) is 0 Å². The van der Waals surface area contributed by atoms with Gasteiger partial charge in [0.05, 0.1) is 37.8 Å². The van der Waals surface area contributed by atoms with Crippen LogP contribution in [0.5, 0.6) is 5.75 Å². The van der Waals surface area contributed by atoms with E-state index in [0.29, 0.717) is 36.1 Å². The quantitative estimate of drug-likeness (QED) is 0.750. The topological polar surface area (TPSA) is 89.2 Å². The van der Waals surface area contributed by atoms with Crippen molar-refractivity contribution in [1.82, 2.24) is 4.90 Å². The van der Waals surface area contributed by atoms with Crippen LogP contribution in [-0.4, -0.2) is 37.6 Å². The molecule has 122 valence electrons. The molecule has 0 atom stereocenters. The summed E-state index contributed by atoms with van der Waals surface area (Å²) in [6.45, 7) is 1.10. The molecule has 0 bridgehead atoms. The van der Waals surface area contributed by atoms with Gasteiger partial charge in [0.25, 0.3) is 0 Å². The number of halogens is 1. The van der Waals surface area contributed by atoms with Crippen LogP contribution in [0, 0.1) is 22.7 Å². The average molecular weight is 335 g/mol. The van der Waals surface area contributed by atoms with E-state index in [1.54, 1.807) is 30.2 Å². The third-order valence-corrected chi connectivity index (χ3v) is 3.39. The molecule has 0 fully saturated rings. The summed E-state index contributed by atoms with van der Waals surface area (Å²) < 4.78 is 5.22. The van der Waals surface area contributed by atoms with Crippen molar-refractivity contribution in [2.45, 2.75) is 19.3 Å². The minimum absolute atomic E-state index is 0.0935. The minimum Gasteiger partial charge on any atom is -0.495 e. The lowest BCUT2D eigenvalue weighted by Crippen LogP contribution is -2.33. The summed E-state index contributed by atoms with van der Waals surface area (Å²) >= 11 is 5.95. The molecule has 0 aliphatic carbocycles. The first kappa shape index (κ1) is 18.6. The summed E-state index contributed by atoms with van der Waals surface area (Å²) in [5.74, 6) is 0.552. The average Bonchev–Trinajstić information content (AvgIpc) is 2.55. The van der Waals surface area contributed by atoms with Crippen molar-refractivity contribution in [2.24, 2.45) is 0 Å². The zero-order chi connectivity index (χ0) is 17.1. The maximum Gasteiger partial charge on any atom is 0.224 e. The summed E-state index contributed by atoms with van der Waals surface area (Å²) in [6, 6.07) is 9.22. The highest BCUT2D eigenvalue weighted by Gasteiger charge is 2.13. The molecule has 6 nitrogen and oxygen atoms in total. The Morgan fingerprint density at radius 2 is 1.96 bits per heavy atom. The molecule has 0 unspecified atom stereocenters. The molecule has 0 aliphatic heterocycles. The second-order valence-corrected chi connectivity index (χ2v) is 5.15. The van der Waals surface area contributed by atoms with Crippen LogP contribution >= 0.6 is 11.6 Å². The van der Waals surface area contributed by atoms with Gasteiger partial charge in [-0.3, -0.25) is 4.79 Å². The number of ether oxygens (including phenoxy) is 1. The number of nitrogens with one attached hydrogen (secondary N) is 1. The van der Waals surface area contributed by atoms with Crippen molar-refractivity contribution < 1.29 is 9.53 Å². The fourth-order valence-corrected chi connectivity index (χ4v) is 2.18. The number of anilines is 1. The number of methoxy groups -OCH3 is 1. The third kappa shape index (κ3) is 6.46. The second-order valence-electron chi connectivity index (χ2n) is 4.72. The first-order valence-electron chi connectivity index (χ1n) is 7.21. The van der Waals surface area contributed by atoms with E-state index in [0.717, 1.165) is 0 Å². The number of rotatable bonds is 9. The molecule has 7 heteroatoms. The highest BCUT2D eigenvalue weighted by Crippen LogP contribution is 2.27. The molecule has 0 heterocycles. The van der Waals surface area contributed by atoms with Crippen LogP contribution in [0.15, 0.2) is 18.2 Å². The van der Waals surface area contributed by atoms with Gasteiger partial charge in [-0.2, -0.15) is 10.5 Å². The van der Waals surface area contributed by atoms with Crippen molar-refractivity contribution in [3.63, 3.8) is 0 Å². The molecule has 0 aromatic heterocycles. The van der Waals surface area contributed by atoms with Crippen LogP contribution in [0.2, 0.25) is 5.02 Å². The maximum absolute atomic E-state index is 12.2. The van der Waals surface area contributed by atoms with Gasteiger partial charge in [-0.25, -0.2) is 0 Å². The molecule has 1 rings (SSSR count). The predicted octanol–water partition coefficient (Wildman–Crippen LogP) is 2.81. The van der Waals surface area contributed by atoms with Crippen molar-refractivity contribution in [3.05, 3.63) is 23.2 Å². The Morgan fingerprint density at radius 3 is 2.52 bits per heavy atom. The summed E-state index contributed by atoms with van der Waals surface area (Å²) in [7, 11) is 1.56. The van der Waals surface area contributed by atoms with E-state index in [9.17, 15) is 4.79 Å². The van der Waals surface area contributed by atoms with Crippen LogP contribution in [0.25, 0.3) is 0 Å². The molecular weight excluding hydrogens is 316 g/mol. The Hall–Kier alpha value is -2.44. The van der Waals surface area contributed by atoms with Crippen molar-refractivity contribution in [1.29, 1.82) is 10.5 Å². The Balaban J connectivity index is 2.55. The van der Waals surface area contributed by atoms with Gasteiger partial charge in [-0.05, 0) is 18.2 Å². The van der Waals surface area contributed by atoms with Crippen LogP contribution in [0.4, 0.5) is 5.69 Å². The van der Waals surface area contributed by atoms with E-state index in [-0.39, 0.29) is 25.2 Å². The third-order valence-electron chi connectivity index (χ3n) is 3.16. The highest BCUT2D eigenvalue weighted by molar-refractivity contribution is 6.30. The number of hydrogen-bond acceptors (Lipinski definition) is 5. The smallest absolute Gasteiger partial charge is 0.224 e. The molecule has 0 spiro atoms. The summed E-state index contributed by atoms with van der Waals surface area (Å²) in [4.78, 5) is 13.7. The maximum atomic E-state index is 12.2. The van der Waals surface area contributed by atoms with E-state index < -0.39 is 0 Å². The van der Waals surface area contributed by atoms with Gasteiger partial charge in [0, 0.05) is 31.1 Å². The Kier molecular flexibility index (Phi) is 8.34. The van der Waals surface area contributed by atoms with Crippen molar-refractivity contribution >= 4 is 23.2 Å². The molecule has 1 amide bonds. The molecule has 0 radical (unpaired) electrons. The zero-order valence-corrected chi connectivity index (χ0v) is 13.8. The first-order chi connectivity index (χ1) is 11.1. The Bertz CT molecular complexity index is 589. The summed E-state index contributed by atoms with van der Waals surface area (Å²) in [5, 5.41) is 21.0. The Morgan fingerprint density at radius 1 is 1.30 bits per heavy atom. The largest absolute Gasteiger partial charge is 0.495 e. The molecule has 1 aromatic rings. The lowest BCUT2D eigenvalue weighted by atomic mass is 10.2. The number of nitrogens with zero attached hydrogens (tertiary/aromatic N) is 3. The van der Waals surface area contributed by atoms with E-state index in [2.05, 4.69) is 5.32 Å². The fraction of sp³-hybridized carbons (Fsp3) is 0.438. The zero-order valence-electron chi connectivity index (χ0n) is 13.0. The number of benzene rings is 1. The number of amides is 1. The lowest BCUT2D eigenvalue weighted by molar-refractivity contribution is -0.130. The van der Waals surface area contributed by atoms with Crippen LogP contribution < -0.4 is 10.1 Å². The molecule has 0 saturated heterocycles. The van der Waals surface area contributed by atoms with Gasteiger partial charge < -0.3 is 15.0 Å². The van der Waals surface area contributed by atoms with Crippen LogP contribution in [0.3, 0.4) is 0 Å². The normalized spacial score (nSPS) is 9.57. The summed E-state index contributed by atoms with van der Waals surface area (Å²) in [5.41, 5.74) is 0.716. The monoisotopic (exact) mass is 334 g/mol. The van der Waals surface area contributed by atoms with Crippen molar-refractivity contribution in [2.75, 3.05) is 32.1 Å². The standard InChI is InChI=1S/C16H19ClN4O2/c1-23-15-5-4-13(17)12-14(15)20-9-6-16(22)21(10-2-7-18)11-3-8-19/h4-5,12,20H,2-3,6,9-11H2,1H3. The van der Waals surface area contributed by atoms with E-state index in [4.69, 9.17) is 26.9 Å². The molecule has 23 heavy (non-hydrogen) atoms. The number of hydrogen-bond donors (Lipinski definition) is 1. The molecule has 0 saturated carbocycles.